The molecule has 9 aromatic rings. The number of para-hydroxylation sites is 4. The molecule has 0 atom stereocenters. The molecule has 0 spiro atoms. The van der Waals surface area contributed by atoms with Crippen molar-refractivity contribution in [3.05, 3.63) is 128 Å². The largest absolute Gasteiger partial charge is 0.355 e. The third kappa shape index (κ3) is 2.75. The molecule has 0 saturated carbocycles. The van der Waals surface area contributed by atoms with E-state index >= 15 is 0 Å². The van der Waals surface area contributed by atoms with Gasteiger partial charge in [0, 0.05) is 55.5 Å². The van der Waals surface area contributed by atoms with Crippen molar-refractivity contribution in [2.45, 2.75) is 0 Å². The van der Waals surface area contributed by atoms with Gasteiger partial charge in [0.2, 0.25) is 0 Å². The van der Waals surface area contributed by atoms with Crippen molar-refractivity contribution >= 4 is 65.5 Å². The molecular weight excluding hydrogens is 476 g/mol. The van der Waals surface area contributed by atoms with Crippen molar-refractivity contribution in [2.75, 3.05) is 0 Å². The Kier molecular flexibility index (Phi) is 4.02. The van der Waals surface area contributed by atoms with E-state index < -0.39 is 0 Å². The summed E-state index contributed by atoms with van der Waals surface area (Å²) in [6.45, 7) is 0. The Morgan fingerprint density at radius 2 is 1.10 bits per heavy atom. The second-order valence-corrected chi connectivity index (χ2v) is 10.2. The van der Waals surface area contributed by atoms with Crippen LogP contribution in [-0.2, 0) is 0 Å². The zero-order valence-corrected chi connectivity index (χ0v) is 21.0. The predicted molar refractivity (Wildman–Crippen MR) is 162 cm³/mol. The van der Waals surface area contributed by atoms with Crippen LogP contribution in [0.4, 0.5) is 0 Å². The molecular formula is C35H22N4. The SMILES string of the molecule is c1ccc(-n2c3ccccc3c3cnc4c5ccccc5n(-c5ccc6[nH]c7ccccc7c6c5)c4c32)cc1. The summed E-state index contributed by atoms with van der Waals surface area (Å²) in [5, 5.41) is 5.96. The number of rotatable bonds is 2. The van der Waals surface area contributed by atoms with Crippen LogP contribution in [0.25, 0.3) is 76.9 Å². The van der Waals surface area contributed by atoms with Gasteiger partial charge >= 0.3 is 0 Å². The summed E-state index contributed by atoms with van der Waals surface area (Å²) in [5.41, 5.74) is 10.2. The monoisotopic (exact) mass is 498 g/mol. The minimum Gasteiger partial charge on any atom is -0.355 e. The van der Waals surface area contributed by atoms with Crippen LogP contribution >= 0.6 is 0 Å². The second kappa shape index (κ2) is 7.59. The fourth-order valence-corrected chi connectivity index (χ4v) is 6.42. The number of hydrogen-bond acceptors (Lipinski definition) is 1. The topological polar surface area (TPSA) is 38.5 Å². The van der Waals surface area contributed by atoms with Gasteiger partial charge in [-0.15, -0.1) is 0 Å². The molecule has 182 valence electrons. The minimum absolute atomic E-state index is 1.01. The van der Waals surface area contributed by atoms with Crippen molar-refractivity contribution in [2.24, 2.45) is 0 Å². The Morgan fingerprint density at radius 1 is 0.462 bits per heavy atom. The maximum atomic E-state index is 5.10. The lowest BCUT2D eigenvalue weighted by atomic mass is 10.1. The van der Waals surface area contributed by atoms with Crippen LogP contribution in [-0.4, -0.2) is 19.1 Å². The lowest BCUT2D eigenvalue weighted by Gasteiger charge is -2.12. The number of pyridine rings is 1. The van der Waals surface area contributed by atoms with E-state index in [4.69, 9.17) is 4.98 Å². The maximum absolute atomic E-state index is 5.10. The van der Waals surface area contributed by atoms with E-state index in [2.05, 4.69) is 142 Å². The first kappa shape index (κ1) is 20.7. The number of H-pyrrole nitrogens is 1. The summed E-state index contributed by atoms with van der Waals surface area (Å²) in [6, 6.07) is 43.2. The van der Waals surface area contributed by atoms with Crippen molar-refractivity contribution in [3.8, 4) is 11.4 Å². The Hall–Kier alpha value is -5.35. The number of nitrogens with zero attached hydrogens (tertiary/aromatic N) is 3. The third-order valence-corrected chi connectivity index (χ3v) is 8.07. The standard InChI is InChI=1S/C35H22N4/c1-2-10-22(11-3-1)38-31-16-8-5-13-25(31)28-21-36-33-26-14-6-9-17-32(26)39(35(33)34(28)38)23-18-19-30-27(20-23)24-12-4-7-15-29(24)37-30/h1-21,37H. The third-order valence-electron chi connectivity index (χ3n) is 8.07. The summed E-state index contributed by atoms with van der Waals surface area (Å²) in [5.74, 6) is 0. The highest BCUT2D eigenvalue weighted by atomic mass is 15.1. The second-order valence-electron chi connectivity index (χ2n) is 10.2. The first-order valence-electron chi connectivity index (χ1n) is 13.2. The minimum atomic E-state index is 1.01. The van der Waals surface area contributed by atoms with E-state index in [0.29, 0.717) is 0 Å². The highest BCUT2D eigenvalue weighted by Crippen LogP contribution is 2.41. The quantitative estimate of drug-likeness (QED) is 0.254. The molecule has 5 aromatic carbocycles. The van der Waals surface area contributed by atoms with Gasteiger partial charge in [0.1, 0.15) is 0 Å². The smallest absolute Gasteiger partial charge is 0.0985 e. The van der Waals surface area contributed by atoms with Crippen LogP contribution in [0, 0.1) is 0 Å². The van der Waals surface area contributed by atoms with Crippen molar-refractivity contribution in [1.82, 2.24) is 19.1 Å². The number of hydrogen-bond donors (Lipinski definition) is 1. The van der Waals surface area contributed by atoms with Gasteiger partial charge in [-0.05, 0) is 48.5 Å². The summed E-state index contributed by atoms with van der Waals surface area (Å²) < 4.78 is 4.80. The Bertz CT molecular complexity index is 2390. The number of nitrogens with one attached hydrogen (secondary N) is 1. The summed E-state index contributed by atoms with van der Waals surface area (Å²) in [4.78, 5) is 8.68. The molecule has 0 aliphatic heterocycles. The fourth-order valence-electron chi connectivity index (χ4n) is 6.42. The average Bonchev–Trinajstić information content (AvgIpc) is 3.65. The Morgan fingerprint density at radius 3 is 1.95 bits per heavy atom. The molecule has 4 aromatic heterocycles. The number of benzene rings is 5. The summed E-state index contributed by atoms with van der Waals surface area (Å²) in [7, 11) is 0. The van der Waals surface area contributed by atoms with Crippen LogP contribution in [0.3, 0.4) is 0 Å². The molecule has 4 nitrogen and oxygen atoms in total. The lowest BCUT2D eigenvalue weighted by molar-refractivity contribution is 1.15. The van der Waals surface area contributed by atoms with E-state index in [1.54, 1.807) is 0 Å². The maximum Gasteiger partial charge on any atom is 0.0985 e. The molecule has 0 saturated heterocycles. The predicted octanol–water partition coefficient (Wildman–Crippen LogP) is 8.91. The molecule has 0 unspecified atom stereocenters. The number of fused-ring (bicyclic) bond motifs is 10. The van der Waals surface area contributed by atoms with E-state index in [1.165, 1.54) is 27.2 Å². The summed E-state index contributed by atoms with van der Waals surface area (Å²) >= 11 is 0. The highest BCUT2D eigenvalue weighted by molar-refractivity contribution is 6.22. The summed E-state index contributed by atoms with van der Waals surface area (Å²) in [6.07, 6.45) is 2.05. The van der Waals surface area contributed by atoms with Crippen LogP contribution in [0.2, 0.25) is 0 Å². The molecule has 0 amide bonds. The van der Waals surface area contributed by atoms with E-state index in [9.17, 15) is 0 Å². The van der Waals surface area contributed by atoms with Gasteiger partial charge in [-0.3, -0.25) is 4.98 Å². The fraction of sp³-hybridized carbons (Fsp3) is 0. The van der Waals surface area contributed by atoms with E-state index in [0.717, 1.165) is 49.7 Å². The molecule has 0 aliphatic rings. The Balaban J connectivity index is 1.51. The van der Waals surface area contributed by atoms with Crippen LogP contribution in [0.15, 0.2) is 128 Å². The van der Waals surface area contributed by atoms with E-state index in [-0.39, 0.29) is 0 Å². The molecule has 0 radical (unpaired) electrons. The van der Waals surface area contributed by atoms with Crippen molar-refractivity contribution < 1.29 is 0 Å². The van der Waals surface area contributed by atoms with Gasteiger partial charge in [0.15, 0.2) is 0 Å². The van der Waals surface area contributed by atoms with Gasteiger partial charge < -0.3 is 14.1 Å². The number of aromatic amines is 1. The average molecular weight is 499 g/mol. The van der Waals surface area contributed by atoms with Crippen molar-refractivity contribution in [3.63, 3.8) is 0 Å². The zero-order chi connectivity index (χ0) is 25.5. The highest BCUT2D eigenvalue weighted by Gasteiger charge is 2.22. The molecule has 0 fully saturated rings. The first-order valence-corrected chi connectivity index (χ1v) is 13.2. The zero-order valence-electron chi connectivity index (χ0n) is 21.0. The first-order chi connectivity index (χ1) is 19.4. The molecule has 0 aliphatic carbocycles. The van der Waals surface area contributed by atoms with Crippen LogP contribution in [0.5, 0.6) is 0 Å². The van der Waals surface area contributed by atoms with Gasteiger partial charge in [-0.2, -0.15) is 0 Å². The van der Waals surface area contributed by atoms with Gasteiger partial charge in [0.25, 0.3) is 0 Å². The molecule has 1 N–H and O–H groups in total. The van der Waals surface area contributed by atoms with Crippen LogP contribution in [0.1, 0.15) is 0 Å². The molecule has 39 heavy (non-hydrogen) atoms. The van der Waals surface area contributed by atoms with Gasteiger partial charge in [-0.25, -0.2) is 0 Å². The van der Waals surface area contributed by atoms with Gasteiger partial charge in [0.05, 0.1) is 27.6 Å². The lowest BCUT2D eigenvalue weighted by Crippen LogP contribution is -1.99. The molecule has 9 rings (SSSR count). The van der Waals surface area contributed by atoms with Crippen LogP contribution < -0.4 is 0 Å². The molecule has 4 heteroatoms. The van der Waals surface area contributed by atoms with Crippen molar-refractivity contribution in [1.29, 1.82) is 0 Å². The Labute approximate surface area is 223 Å². The number of aromatic nitrogens is 4. The normalized spacial score (nSPS) is 12.1. The molecule has 4 heterocycles. The van der Waals surface area contributed by atoms with E-state index in [1.807, 2.05) is 0 Å². The molecule has 0 bridgehead atoms. The van der Waals surface area contributed by atoms with Gasteiger partial charge in [-0.1, -0.05) is 72.8 Å².